The molecule has 5 nitrogen and oxygen atoms in total. The van der Waals surface area contributed by atoms with Gasteiger partial charge in [0.05, 0.1) is 4.47 Å². The molecule has 0 spiro atoms. The van der Waals surface area contributed by atoms with E-state index in [9.17, 15) is 4.79 Å². The second-order valence-electron chi connectivity index (χ2n) is 4.92. The minimum atomic E-state index is -0.321. The highest BCUT2D eigenvalue weighted by molar-refractivity contribution is 9.10. The Morgan fingerprint density at radius 3 is 2.68 bits per heavy atom. The molecule has 0 aliphatic carbocycles. The van der Waals surface area contributed by atoms with Gasteiger partial charge >= 0.3 is 5.63 Å². The Bertz CT molecular complexity index is 917. The van der Waals surface area contributed by atoms with Crippen LogP contribution in [0.25, 0.3) is 11.0 Å². The van der Waals surface area contributed by atoms with Crippen molar-refractivity contribution in [2.24, 2.45) is 0 Å². The van der Waals surface area contributed by atoms with Crippen molar-refractivity contribution in [2.75, 3.05) is 0 Å². The lowest BCUT2D eigenvalue weighted by atomic mass is 10.1. The number of hydrogen-bond acceptors (Lipinski definition) is 6. The van der Waals surface area contributed by atoms with Crippen LogP contribution in [0.4, 0.5) is 0 Å². The molecule has 7 heteroatoms. The third-order valence-electron chi connectivity index (χ3n) is 3.43. The van der Waals surface area contributed by atoms with E-state index in [-0.39, 0.29) is 5.63 Å². The summed E-state index contributed by atoms with van der Waals surface area (Å²) in [5.74, 6) is 0.603. The number of aromatic nitrogens is 2. The number of benzene rings is 1. The predicted molar refractivity (Wildman–Crippen MR) is 88.6 cm³/mol. The molecule has 0 aliphatic heterocycles. The van der Waals surface area contributed by atoms with Crippen molar-refractivity contribution < 1.29 is 9.15 Å². The van der Waals surface area contributed by atoms with Crippen LogP contribution >= 0.6 is 27.3 Å². The van der Waals surface area contributed by atoms with Crippen molar-refractivity contribution in [3.8, 4) is 5.75 Å². The normalized spacial score (nSPS) is 11.1. The number of halogens is 1. The van der Waals surface area contributed by atoms with Crippen LogP contribution in [0.5, 0.6) is 5.75 Å². The molecule has 3 aromatic rings. The smallest absolute Gasteiger partial charge is 0.339 e. The number of hydrogen-bond donors (Lipinski definition) is 0. The van der Waals surface area contributed by atoms with Gasteiger partial charge in [-0.25, -0.2) is 4.79 Å². The molecule has 0 N–H and O–H groups in total. The summed E-state index contributed by atoms with van der Waals surface area (Å²) in [6.45, 7) is 5.89. The van der Waals surface area contributed by atoms with E-state index in [1.807, 2.05) is 19.9 Å². The van der Waals surface area contributed by atoms with Crippen molar-refractivity contribution in [3.05, 3.63) is 48.2 Å². The first-order chi connectivity index (χ1) is 10.5. The quantitative estimate of drug-likeness (QED) is 0.644. The zero-order chi connectivity index (χ0) is 15.9. The van der Waals surface area contributed by atoms with Gasteiger partial charge in [0.15, 0.2) is 5.01 Å². The molecule has 114 valence electrons. The molecule has 0 unspecified atom stereocenters. The third-order valence-corrected chi connectivity index (χ3v) is 4.86. The van der Waals surface area contributed by atoms with Gasteiger partial charge in [0.1, 0.15) is 22.9 Å². The molecule has 0 saturated heterocycles. The van der Waals surface area contributed by atoms with Crippen molar-refractivity contribution in [1.29, 1.82) is 0 Å². The first-order valence-electron chi connectivity index (χ1n) is 6.61. The molecular formula is C15H13BrN2O3S. The summed E-state index contributed by atoms with van der Waals surface area (Å²) in [6, 6.07) is 3.63. The van der Waals surface area contributed by atoms with Crippen molar-refractivity contribution in [3.63, 3.8) is 0 Å². The van der Waals surface area contributed by atoms with Gasteiger partial charge in [-0.15, -0.1) is 10.2 Å². The van der Waals surface area contributed by atoms with Crippen molar-refractivity contribution in [2.45, 2.75) is 27.4 Å². The summed E-state index contributed by atoms with van der Waals surface area (Å²) >= 11 is 4.98. The van der Waals surface area contributed by atoms with E-state index in [0.29, 0.717) is 23.5 Å². The van der Waals surface area contributed by atoms with E-state index in [4.69, 9.17) is 9.15 Å². The molecule has 0 saturated carbocycles. The summed E-state index contributed by atoms with van der Waals surface area (Å²) in [7, 11) is 0. The molecule has 0 bridgehead atoms. The third kappa shape index (κ3) is 2.78. The Labute approximate surface area is 139 Å². The van der Waals surface area contributed by atoms with Gasteiger partial charge in [0.2, 0.25) is 0 Å². The Morgan fingerprint density at radius 1 is 1.23 bits per heavy atom. The lowest BCUT2D eigenvalue weighted by molar-refractivity contribution is 0.302. The minimum Gasteiger partial charge on any atom is -0.485 e. The molecule has 22 heavy (non-hydrogen) atoms. The van der Waals surface area contributed by atoms with Crippen LogP contribution in [-0.2, 0) is 6.61 Å². The van der Waals surface area contributed by atoms with Gasteiger partial charge < -0.3 is 9.15 Å². The highest BCUT2D eigenvalue weighted by Gasteiger charge is 2.12. The molecule has 0 fully saturated rings. The standard InChI is InChI=1S/C15H13BrN2O3S/c1-7-8(2)15(19)21-12-5-13(11(16)4-10(7)12)20-6-14-18-17-9(3)22-14/h4-5H,6H2,1-3H3. The maximum atomic E-state index is 11.8. The van der Waals surface area contributed by atoms with Crippen LogP contribution < -0.4 is 10.4 Å². The second kappa shape index (κ2) is 5.81. The number of fused-ring (bicyclic) bond motifs is 1. The SMILES string of the molecule is Cc1nnc(COc2cc3oc(=O)c(C)c(C)c3cc2Br)s1. The van der Waals surface area contributed by atoms with E-state index in [0.717, 1.165) is 25.4 Å². The summed E-state index contributed by atoms with van der Waals surface area (Å²) in [6.07, 6.45) is 0. The second-order valence-corrected chi connectivity index (χ2v) is 7.04. The molecule has 2 aromatic heterocycles. The van der Waals surface area contributed by atoms with E-state index < -0.39 is 0 Å². The Kier molecular flexibility index (Phi) is 4.01. The van der Waals surface area contributed by atoms with Crippen LogP contribution in [0.3, 0.4) is 0 Å². The summed E-state index contributed by atoms with van der Waals surface area (Å²) in [5, 5.41) is 10.6. The van der Waals surface area contributed by atoms with Gasteiger partial charge in [-0.3, -0.25) is 0 Å². The van der Waals surface area contributed by atoms with Gasteiger partial charge in [0.25, 0.3) is 0 Å². The monoisotopic (exact) mass is 380 g/mol. The number of nitrogens with zero attached hydrogens (tertiary/aromatic N) is 2. The summed E-state index contributed by atoms with van der Waals surface area (Å²) < 4.78 is 11.9. The lowest BCUT2D eigenvalue weighted by Crippen LogP contribution is -2.06. The van der Waals surface area contributed by atoms with Crippen LogP contribution in [0.15, 0.2) is 25.8 Å². The molecular weight excluding hydrogens is 368 g/mol. The summed E-state index contributed by atoms with van der Waals surface area (Å²) in [5.41, 5.74) is 1.73. The highest BCUT2D eigenvalue weighted by atomic mass is 79.9. The summed E-state index contributed by atoms with van der Waals surface area (Å²) in [4.78, 5) is 11.8. The zero-order valence-electron chi connectivity index (χ0n) is 12.3. The van der Waals surface area contributed by atoms with E-state index >= 15 is 0 Å². The molecule has 0 radical (unpaired) electrons. The van der Waals surface area contributed by atoms with Gasteiger partial charge in [-0.05, 0) is 48.3 Å². The van der Waals surface area contributed by atoms with E-state index in [1.165, 1.54) is 11.3 Å². The fourth-order valence-corrected chi connectivity index (χ4v) is 3.17. The Morgan fingerprint density at radius 2 is 2.00 bits per heavy atom. The van der Waals surface area contributed by atoms with Gasteiger partial charge in [-0.2, -0.15) is 0 Å². The Balaban J connectivity index is 1.98. The lowest BCUT2D eigenvalue weighted by Gasteiger charge is -2.09. The topological polar surface area (TPSA) is 65.2 Å². The van der Waals surface area contributed by atoms with E-state index in [1.54, 1.807) is 13.0 Å². The van der Waals surface area contributed by atoms with Gasteiger partial charge in [0, 0.05) is 17.0 Å². The fraction of sp³-hybridized carbons (Fsp3) is 0.267. The molecule has 0 amide bonds. The minimum absolute atomic E-state index is 0.321. The maximum Gasteiger partial charge on any atom is 0.339 e. The molecule has 3 rings (SSSR count). The van der Waals surface area contributed by atoms with Crippen molar-refractivity contribution >= 4 is 38.2 Å². The molecule has 0 aliphatic rings. The van der Waals surface area contributed by atoms with Crippen molar-refractivity contribution in [1.82, 2.24) is 10.2 Å². The average Bonchev–Trinajstić information content (AvgIpc) is 2.90. The molecule has 1 aromatic carbocycles. The van der Waals surface area contributed by atoms with Crippen LogP contribution in [-0.4, -0.2) is 10.2 Å². The first-order valence-corrected chi connectivity index (χ1v) is 8.22. The van der Waals surface area contributed by atoms with Crippen LogP contribution in [0, 0.1) is 20.8 Å². The largest absolute Gasteiger partial charge is 0.485 e. The average molecular weight is 381 g/mol. The van der Waals surface area contributed by atoms with Gasteiger partial charge in [-0.1, -0.05) is 11.3 Å². The molecule has 0 atom stereocenters. The first kappa shape index (κ1) is 15.2. The zero-order valence-corrected chi connectivity index (χ0v) is 14.7. The number of ether oxygens (including phenoxy) is 1. The van der Waals surface area contributed by atoms with Crippen LogP contribution in [0.2, 0.25) is 0 Å². The molecule has 2 heterocycles. The Hall–Kier alpha value is -1.73. The number of rotatable bonds is 3. The predicted octanol–water partition coefficient (Wildman–Crippen LogP) is 3.91. The fourth-order valence-electron chi connectivity index (χ4n) is 2.09. The van der Waals surface area contributed by atoms with Crippen LogP contribution in [0.1, 0.15) is 21.1 Å². The van der Waals surface area contributed by atoms with E-state index in [2.05, 4.69) is 26.1 Å². The number of aryl methyl sites for hydroxylation is 2. The highest BCUT2D eigenvalue weighted by Crippen LogP contribution is 2.32. The maximum absolute atomic E-state index is 11.8.